The monoisotopic (exact) mass is 436 g/mol. The van der Waals surface area contributed by atoms with Crippen LogP contribution in [0, 0.1) is 0 Å². The molecule has 0 fully saturated rings. The van der Waals surface area contributed by atoms with Gasteiger partial charge in [-0.25, -0.2) is 0 Å². The van der Waals surface area contributed by atoms with Gasteiger partial charge in [-0.2, -0.15) is 0 Å². The van der Waals surface area contributed by atoms with E-state index in [2.05, 4.69) is 10.6 Å². The van der Waals surface area contributed by atoms with E-state index in [1.54, 1.807) is 33.5 Å². The lowest BCUT2D eigenvalue weighted by atomic mass is 9.95. The van der Waals surface area contributed by atoms with Crippen LogP contribution in [-0.2, 0) is 6.42 Å². The molecule has 8 heteroatoms. The summed E-state index contributed by atoms with van der Waals surface area (Å²) in [5.41, 5.74) is 4.11. The Bertz CT molecular complexity index is 952. The molecule has 2 aromatic carbocycles. The summed E-state index contributed by atoms with van der Waals surface area (Å²) in [7, 11) is 6.69. The van der Waals surface area contributed by atoms with Crippen molar-refractivity contribution in [3.05, 3.63) is 45.6 Å². The first-order valence-corrected chi connectivity index (χ1v) is 9.62. The molecular weight excluding hydrogens is 408 g/mol. The number of halogens is 1. The third-order valence-corrected chi connectivity index (χ3v) is 5.31. The molecule has 7 nitrogen and oxygen atoms in total. The minimum Gasteiger partial charge on any atom is -0.493 e. The standard InChI is InChI=1S/C22H28N2O5.ClH/c1-23-16-7-5-13-11-19(27-2)21(28-3)22(29-4)20(13)14-6-8-17(24-9-10-25)18(26)12-15(14)16;/h6,8,11-12,16,23,25H,5,7,9-10H2,1-4H3,(H,24,26);1H/t16-;/m0./s1. The number of fused-ring (bicyclic) bond motifs is 3. The van der Waals surface area contributed by atoms with E-state index in [1.807, 2.05) is 19.2 Å². The number of aryl methyl sites for hydroxylation is 1. The Hall–Kier alpha value is -2.48. The number of aliphatic hydroxyl groups is 1. The average Bonchev–Trinajstić information content (AvgIpc) is 2.98. The number of benzene rings is 1. The Balaban J connectivity index is 0.00000320. The molecule has 0 amide bonds. The van der Waals surface area contributed by atoms with E-state index < -0.39 is 0 Å². The van der Waals surface area contributed by atoms with E-state index in [0.717, 1.165) is 35.1 Å². The van der Waals surface area contributed by atoms with Crippen molar-refractivity contribution >= 4 is 18.1 Å². The SMILES string of the molecule is CN[C@H]1CCc2cc(OC)c(OC)c(OC)c2-c2ccc(NCCO)c(=O)cc21.Cl. The van der Waals surface area contributed by atoms with E-state index in [-0.39, 0.29) is 30.5 Å². The number of anilines is 1. The van der Waals surface area contributed by atoms with Crippen LogP contribution in [0.5, 0.6) is 17.2 Å². The van der Waals surface area contributed by atoms with E-state index in [4.69, 9.17) is 19.3 Å². The molecule has 0 aromatic heterocycles. The van der Waals surface area contributed by atoms with Gasteiger partial charge in [-0.05, 0) is 54.8 Å². The van der Waals surface area contributed by atoms with Crippen LogP contribution in [0.25, 0.3) is 11.1 Å². The van der Waals surface area contributed by atoms with E-state index >= 15 is 0 Å². The molecule has 1 atom stereocenters. The number of aliphatic hydroxyl groups excluding tert-OH is 1. The van der Waals surface area contributed by atoms with Gasteiger partial charge in [-0.1, -0.05) is 6.07 Å². The lowest BCUT2D eigenvalue weighted by Gasteiger charge is -2.19. The molecule has 1 aliphatic carbocycles. The average molecular weight is 437 g/mol. The molecule has 0 bridgehead atoms. The minimum atomic E-state index is -0.122. The van der Waals surface area contributed by atoms with Gasteiger partial charge in [-0.3, -0.25) is 4.79 Å². The Labute approximate surface area is 182 Å². The third kappa shape index (κ3) is 4.33. The summed E-state index contributed by atoms with van der Waals surface area (Å²) in [5, 5.41) is 15.4. The highest BCUT2D eigenvalue weighted by molar-refractivity contribution is 5.85. The largest absolute Gasteiger partial charge is 0.493 e. The Morgan fingerprint density at radius 2 is 1.83 bits per heavy atom. The third-order valence-electron chi connectivity index (χ3n) is 5.31. The zero-order valence-electron chi connectivity index (χ0n) is 17.7. The Morgan fingerprint density at radius 3 is 2.43 bits per heavy atom. The predicted octanol–water partition coefficient (Wildman–Crippen LogP) is 2.77. The molecule has 0 spiro atoms. The van der Waals surface area contributed by atoms with E-state index in [1.165, 1.54) is 0 Å². The smallest absolute Gasteiger partial charge is 0.203 e. The van der Waals surface area contributed by atoms with Gasteiger partial charge in [0.25, 0.3) is 0 Å². The molecule has 3 rings (SSSR count). The molecule has 0 aliphatic heterocycles. The summed E-state index contributed by atoms with van der Waals surface area (Å²) in [6.45, 7) is 0.259. The zero-order chi connectivity index (χ0) is 21.0. The van der Waals surface area contributed by atoms with Crippen LogP contribution in [-0.4, -0.2) is 46.6 Å². The first-order chi connectivity index (χ1) is 14.1. The van der Waals surface area contributed by atoms with Gasteiger partial charge in [0.1, 0.15) is 0 Å². The summed E-state index contributed by atoms with van der Waals surface area (Å²) < 4.78 is 16.9. The van der Waals surface area contributed by atoms with Gasteiger partial charge in [-0.15, -0.1) is 12.4 Å². The van der Waals surface area contributed by atoms with Gasteiger partial charge in [0.15, 0.2) is 11.5 Å². The molecule has 0 saturated heterocycles. The molecule has 0 heterocycles. The molecule has 0 radical (unpaired) electrons. The molecule has 1 aliphatic rings. The number of rotatable bonds is 7. The number of hydrogen-bond donors (Lipinski definition) is 3. The number of methoxy groups -OCH3 is 3. The van der Waals surface area contributed by atoms with Crippen molar-refractivity contribution in [2.24, 2.45) is 0 Å². The maximum atomic E-state index is 12.8. The van der Waals surface area contributed by atoms with Crippen LogP contribution in [0.4, 0.5) is 5.69 Å². The van der Waals surface area contributed by atoms with Crippen molar-refractivity contribution in [2.75, 3.05) is 46.8 Å². The molecule has 2 aromatic rings. The number of hydrogen-bond acceptors (Lipinski definition) is 7. The Morgan fingerprint density at radius 1 is 1.10 bits per heavy atom. The lowest BCUT2D eigenvalue weighted by Crippen LogP contribution is -2.18. The fourth-order valence-electron chi connectivity index (χ4n) is 3.95. The topological polar surface area (TPSA) is 89.1 Å². The molecule has 0 unspecified atom stereocenters. The quantitative estimate of drug-likeness (QED) is 0.615. The summed E-state index contributed by atoms with van der Waals surface area (Å²) in [6, 6.07) is 7.34. The Kier molecular flexibility index (Phi) is 8.34. The maximum absolute atomic E-state index is 12.8. The van der Waals surface area contributed by atoms with Gasteiger partial charge in [0, 0.05) is 18.2 Å². The summed E-state index contributed by atoms with van der Waals surface area (Å²) >= 11 is 0. The number of nitrogens with one attached hydrogen (secondary N) is 2. The fraction of sp³-hybridized carbons (Fsp3) is 0.409. The zero-order valence-corrected chi connectivity index (χ0v) is 18.5. The van der Waals surface area contributed by atoms with Gasteiger partial charge < -0.3 is 30.0 Å². The van der Waals surface area contributed by atoms with Crippen LogP contribution in [0.3, 0.4) is 0 Å². The van der Waals surface area contributed by atoms with Crippen LogP contribution in [0.2, 0.25) is 0 Å². The van der Waals surface area contributed by atoms with Crippen molar-refractivity contribution in [3.8, 4) is 28.4 Å². The first-order valence-electron chi connectivity index (χ1n) is 9.62. The van der Waals surface area contributed by atoms with Gasteiger partial charge in [0.2, 0.25) is 11.2 Å². The van der Waals surface area contributed by atoms with Crippen LogP contribution >= 0.6 is 12.4 Å². The van der Waals surface area contributed by atoms with Crippen molar-refractivity contribution in [1.29, 1.82) is 0 Å². The second kappa shape index (κ2) is 10.5. The number of ether oxygens (including phenoxy) is 3. The van der Waals surface area contributed by atoms with Crippen LogP contribution in [0.15, 0.2) is 29.1 Å². The highest BCUT2D eigenvalue weighted by atomic mass is 35.5. The second-order valence-corrected chi connectivity index (χ2v) is 6.83. The summed E-state index contributed by atoms with van der Waals surface area (Å²) in [6.07, 6.45) is 1.61. The van der Waals surface area contributed by atoms with Crippen molar-refractivity contribution < 1.29 is 19.3 Å². The molecule has 0 saturated carbocycles. The maximum Gasteiger partial charge on any atom is 0.203 e. The van der Waals surface area contributed by atoms with Crippen molar-refractivity contribution in [3.63, 3.8) is 0 Å². The molecule has 164 valence electrons. The van der Waals surface area contributed by atoms with Crippen molar-refractivity contribution in [1.82, 2.24) is 5.32 Å². The molecule has 30 heavy (non-hydrogen) atoms. The summed E-state index contributed by atoms with van der Waals surface area (Å²) in [5.74, 6) is 1.72. The fourth-order valence-corrected chi connectivity index (χ4v) is 3.95. The minimum absolute atomic E-state index is 0. The first kappa shape index (κ1) is 23.8. The summed E-state index contributed by atoms with van der Waals surface area (Å²) in [4.78, 5) is 12.8. The van der Waals surface area contributed by atoms with Crippen LogP contribution in [0.1, 0.15) is 23.6 Å². The second-order valence-electron chi connectivity index (χ2n) is 6.83. The predicted molar refractivity (Wildman–Crippen MR) is 121 cm³/mol. The van der Waals surface area contributed by atoms with Gasteiger partial charge >= 0.3 is 0 Å². The lowest BCUT2D eigenvalue weighted by molar-refractivity contribution is 0.311. The van der Waals surface area contributed by atoms with Crippen LogP contribution < -0.4 is 30.3 Å². The normalized spacial score (nSPS) is 14.5. The van der Waals surface area contributed by atoms with E-state index in [0.29, 0.717) is 29.5 Å². The van der Waals surface area contributed by atoms with Crippen molar-refractivity contribution in [2.45, 2.75) is 18.9 Å². The molecule has 3 N–H and O–H groups in total. The highest BCUT2D eigenvalue weighted by Gasteiger charge is 2.28. The molecular formula is C22H29ClN2O5. The van der Waals surface area contributed by atoms with E-state index in [9.17, 15) is 4.79 Å². The highest BCUT2D eigenvalue weighted by Crippen LogP contribution is 2.50. The van der Waals surface area contributed by atoms with Gasteiger partial charge in [0.05, 0.1) is 33.6 Å².